The SMILES string of the molecule is COc1ccc(/C=C\c2nc3ccccc3nc2OCc2cccc([N+](=O)[O-])c2)cc1. The summed E-state index contributed by atoms with van der Waals surface area (Å²) in [7, 11) is 1.63. The lowest BCUT2D eigenvalue weighted by molar-refractivity contribution is -0.384. The summed E-state index contributed by atoms with van der Waals surface area (Å²) in [6.45, 7) is 0.137. The Morgan fingerprint density at radius 3 is 2.39 bits per heavy atom. The molecule has 0 unspecified atom stereocenters. The second-order valence-electron chi connectivity index (χ2n) is 6.72. The summed E-state index contributed by atoms with van der Waals surface area (Å²) < 4.78 is 11.1. The Morgan fingerprint density at radius 2 is 1.68 bits per heavy atom. The molecule has 4 aromatic rings. The van der Waals surface area contributed by atoms with Gasteiger partial charge in [-0.2, -0.15) is 0 Å². The second-order valence-corrected chi connectivity index (χ2v) is 6.72. The number of ether oxygens (including phenoxy) is 2. The maximum atomic E-state index is 11.0. The molecule has 7 heteroatoms. The van der Waals surface area contributed by atoms with E-state index < -0.39 is 4.92 Å². The molecule has 0 aliphatic heterocycles. The van der Waals surface area contributed by atoms with Crippen LogP contribution in [0.25, 0.3) is 23.2 Å². The van der Waals surface area contributed by atoms with Crippen molar-refractivity contribution < 1.29 is 14.4 Å². The molecule has 0 atom stereocenters. The van der Waals surface area contributed by atoms with Crippen molar-refractivity contribution in [3.8, 4) is 11.6 Å². The van der Waals surface area contributed by atoms with Crippen molar-refractivity contribution in [1.82, 2.24) is 9.97 Å². The summed E-state index contributed by atoms with van der Waals surface area (Å²) in [6.07, 6.45) is 3.75. The third kappa shape index (κ3) is 4.84. The molecule has 154 valence electrons. The molecule has 31 heavy (non-hydrogen) atoms. The molecule has 4 rings (SSSR count). The second kappa shape index (κ2) is 9.04. The number of rotatable bonds is 7. The zero-order valence-corrected chi connectivity index (χ0v) is 16.8. The Kier molecular flexibility index (Phi) is 5.84. The standard InChI is InChI=1S/C24H19N3O4/c1-30-20-12-9-17(10-13-20)11-14-23-24(26-22-8-3-2-7-21(22)25-23)31-16-18-5-4-6-19(15-18)27(28)29/h2-15H,16H2,1H3/b14-11-. The molecule has 0 N–H and O–H groups in total. The first kappa shape index (κ1) is 20.0. The molecule has 0 saturated heterocycles. The minimum absolute atomic E-state index is 0.0188. The lowest BCUT2D eigenvalue weighted by atomic mass is 10.2. The Morgan fingerprint density at radius 1 is 0.935 bits per heavy atom. The highest BCUT2D eigenvalue weighted by atomic mass is 16.6. The van der Waals surface area contributed by atoms with Gasteiger partial charge in [-0.3, -0.25) is 10.1 Å². The average Bonchev–Trinajstić information content (AvgIpc) is 2.81. The molecule has 0 fully saturated rings. The van der Waals surface area contributed by atoms with Gasteiger partial charge in [-0.15, -0.1) is 0 Å². The Balaban J connectivity index is 1.63. The van der Waals surface area contributed by atoms with Gasteiger partial charge >= 0.3 is 0 Å². The van der Waals surface area contributed by atoms with Crippen LogP contribution in [0.5, 0.6) is 11.6 Å². The molecule has 3 aromatic carbocycles. The molecule has 1 aromatic heterocycles. The molecule has 7 nitrogen and oxygen atoms in total. The van der Waals surface area contributed by atoms with E-state index in [9.17, 15) is 10.1 Å². The van der Waals surface area contributed by atoms with Gasteiger partial charge < -0.3 is 9.47 Å². The smallest absolute Gasteiger partial charge is 0.269 e. The van der Waals surface area contributed by atoms with Crippen LogP contribution < -0.4 is 9.47 Å². The number of nitro benzene ring substituents is 1. The number of para-hydroxylation sites is 2. The van der Waals surface area contributed by atoms with E-state index in [1.54, 1.807) is 19.2 Å². The van der Waals surface area contributed by atoms with Gasteiger partial charge in [-0.05, 0) is 41.5 Å². The first-order chi connectivity index (χ1) is 15.1. The number of nitrogens with zero attached hydrogens (tertiary/aromatic N) is 3. The summed E-state index contributed by atoms with van der Waals surface area (Å²) in [5.41, 5.74) is 3.69. The Hall–Kier alpha value is -4.26. The first-order valence-corrected chi connectivity index (χ1v) is 9.57. The third-order valence-electron chi connectivity index (χ3n) is 4.61. The van der Waals surface area contributed by atoms with Gasteiger partial charge in [0.15, 0.2) is 0 Å². The largest absolute Gasteiger partial charge is 0.497 e. The fourth-order valence-electron chi connectivity index (χ4n) is 3.01. The molecule has 1 heterocycles. The highest BCUT2D eigenvalue weighted by Gasteiger charge is 2.10. The van der Waals surface area contributed by atoms with E-state index in [4.69, 9.17) is 9.47 Å². The maximum absolute atomic E-state index is 11.0. The number of fused-ring (bicyclic) bond motifs is 1. The van der Waals surface area contributed by atoms with Gasteiger partial charge in [0.05, 0.1) is 23.1 Å². The molecule has 0 bridgehead atoms. The summed E-state index contributed by atoms with van der Waals surface area (Å²) in [5, 5.41) is 11.0. The fourth-order valence-corrected chi connectivity index (χ4v) is 3.01. The topological polar surface area (TPSA) is 87.4 Å². The van der Waals surface area contributed by atoms with E-state index in [2.05, 4.69) is 9.97 Å². The van der Waals surface area contributed by atoms with E-state index in [1.165, 1.54) is 12.1 Å². The summed E-state index contributed by atoms with van der Waals surface area (Å²) in [4.78, 5) is 19.9. The van der Waals surface area contributed by atoms with Crippen molar-refractivity contribution in [3.63, 3.8) is 0 Å². The molecule has 0 aliphatic rings. The van der Waals surface area contributed by atoms with Crippen molar-refractivity contribution in [2.75, 3.05) is 7.11 Å². The maximum Gasteiger partial charge on any atom is 0.269 e. The Bertz CT molecular complexity index is 1250. The lowest BCUT2D eigenvalue weighted by Gasteiger charge is -2.09. The molecule has 0 aliphatic carbocycles. The van der Waals surface area contributed by atoms with Crippen LogP contribution in [0, 0.1) is 10.1 Å². The van der Waals surface area contributed by atoms with Crippen LogP contribution >= 0.6 is 0 Å². The minimum atomic E-state index is -0.428. The van der Waals surface area contributed by atoms with E-state index in [0.29, 0.717) is 22.7 Å². The van der Waals surface area contributed by atoms with E-state index in [1.807, 2.05) is 60.7 Å². The molecule has 0 amide bonds. The van der Waals surface area contributed by atoms with Crippen molar-refractivity contribution >= 4 is 28.9 Å². The number of aromatic nitrogens is 2. The van der Waals surface area contributed by atoms with Crippen molar-refractivity contribution in [1.29, 1.82) is 0 Å². The molecule has 0 spiro atoms. The normalized spacial score (nSPS) is 11.0. The fraction of sp³-hybridized carbons (Fsp3) is 0.0833. The van der Waals surface area contributed by atoms with Gasteiger partial charge in [0.25, 0.3) is 5.69 Å². The van der Waals surface area contributed by atoms with Gasteiger partial charge in [0.2, 0.25) is 5.88 Å². The monoisotopic (exact) mass is 413 g/mol. The summed E-state index contributed by atoms with van der Waals surface area (Å²) in [5.74, 6) is 1.14. The molecule has 0 saturated carbocycles. The number of non-ortho nitro benzene ring substituents is 1. The molecule has 0 radical (unpaired) electrons. The summed E-state index contributed by atoms with van der Waals surface area (Å²) >= 11 is 0. The Labute approximate surface area is 178 Å². The van der Waals surface area contributed by atoms with Gasteiger partial charge in [0.1, 0.15) is 18.1 Å². The number of nitro groups is 1. The quantitative estimate of drug-likeness (QED) is 0.302. The highest BCUT2D eigenvalue weighted by molar-refractivity contribution is 5.79. The zero-order valence-electron chi connectivity index (χ0n) is 16.8. The van der Waals surface area contributed by atoms with E-state index in [-0.39, 0.29) is 12.3 Å². The third-order valence-corrected chi connectivity index (χ3v) is 4.61. The van der Waals surface area contributed by atoms with Gasteiger partial charge in [-0.1, -0.05) is 42.5 Å². The van der Waals surface area contributed by atoms with Crippen LogP contribution in [0.4, 0.5) is 5.69 Å². The van der Waals surface area contributed by atoms with Gasteiger partial charge in [-0.25, -0.2) is 9.97 Å². The summed E-state index contributed by atoms with van der Waals surface area (Å²) in [6, 6.07) is 21.5. The number of methoxy groups -OCH3 is 1. The predicted octanol–water partition coefficient (Wildman–Crippen LogP) is 5.30. The van der Waals surface area contributed by atoms with Crippen LogP contribution in [-0.2, 0) is 6.61 Å². The van der Waals surface area contributed by atoms with Gasteiger partial charge in [0, 0.05) is 12.1 Å². The van der Waals surface area contributed by atoms with Crippen LogP contribution in [-0.4, -0.2) is 22.0 Å². The zero-order chi connectivity index (χ0) is 21.6. The number of hydrogen-bond acceptors (Lipinski definition) is 6. The van der Waals surface area contributed by atoms with Crippen LogP contribution in [0.1, 0.15) is 16.8 Å². The number of hydrogen-bond donors (Lipinski definition) is 0. The predicted molar refractivity (Wildman–Crippen MR) is 119 cm³/mol. The number of benzene rings is 3. The van der Waals surface area contributed by atoms with E-state index in [0.717, 1.165) is 16.8 Å². The highest BCUT2D eigenvalue weighted by Crippen LogP contribution is 2.23. The van der Waals surface area contributed by atoms with E-state index >= 15 is 0 Å². The van der Waals surface area contributed by atoms with Crippen molar-refractivity contribution in [3.05, 3.63) is 99.7 Å². The minimum Gasteiger partial charge on any atom is -0.497 e. The lowest BCUT2D eigenvalue weighted by Crippen LogP contribution is -2.02. The van der Waals surface area contributed by atoms with Crippen LogP contribution in [0.2, 0.25) is 0 Å². The first-order valence-electron chi connectivity index (χ1n) is 9.57. The van der Waals surface area contributed by atoms with Crippen LogP contribution in [0.3, 0.4) is 0 Å². The van der Waals surface area contributed by atoms with Crippen molar-refractivity contribution in [2.24, 2.45) is 0 Å². The van der Waals surface area contributed by atoms with Crippen LogP contribution in [0.15, 0.2) is 72.8 Å². The average molecular weight is 413 g/mol. The molecular weight excluding hydrogens is 394 g/mol. The molecular formula is C24H19N3O4. The van der Waals surface area contributed by atoms with Crippen molar-refractivity contribution in [2.45, 2.75) is 6.61 Å².